The monoisotopic (exact) mass is 518 g/mol. The van der Waals surface area contributed by atoms with Crippen LogP contribution in [0.4, 0.5) is 20.7 Å². The summed E-state index contributed by atoms with van der Waals surface area (Å²) in [4.78, 5) is 28.0. The molecule has 0 saturated heterocycles. The number of aromatic nitrogens is 3. The molecule has 2 aromatic carbocycles. The Kier molecular flexibility index (Phi) is 7.28. The van der Waals surface area contributed by atoms with Crippen LogP contribution in [0.2, 0.25) is 0 Å². The molecule has 0 bridgehead atoms. The molecule has 0 radical (unpaired) electrons. The Morgan fingerprint density at radius 1 is 1.00 bits per heavy atom. The van der Waals surface area contributed by atoms with Crippen molar-refractivity contribution in [3.63, 3.8) is 0 Å². The summed E-state index contributed by atoms with van der Waals surface area (Å²) < 4.78 is 27.2. The highest BCUT2D eigenvalue weighted by molar-refractivity contribution is 5.99. The van der Waals surface area contributed by atoms with Crippen LogP contribution < -0.4 is 25.8 Å². The number of hydrogen-bond acceptors (Lipinski definition) is 6. The summed E-state index contributed by atoms with van der Waals surface area (Å²) in [5.74, 6) is -0.319. The average molecular weight is 519 g/mol. The molecule has 3 amide bonds. The molecular weight excluding hydrogens is 491 g/mol. The molecule has 4 aromatic rings. The van der Waals surface area contributed by atoms with E-state index in [1.807, 2.05) is 39.0 Å². The second-order valence-corrected chi connectivity index (χ2v) is 9.35. The molecule has 0 spiro atoms. The van der Waals surface area contributed by atoms with Crippen LogP contribution in [0.1, 0.15) is 37.0 Å². The second kappa shape index (κ2) is 10.6. The largest absolute Gasteiger partial charge is 0.497 e. The molecule has 2 aromatic heterocycles. The maximum absolute atomic E-state index is 14.7. The van der Waals surface area contributed by atoms with Crippen molar-refractivity contribution in [2.45, 2.75) is 26.2 Å². The lowest BCUT2D eigenvalue weighted by Crippen LogP contribution is -2.21. The summed E-state index contributed by atoms with van der Waals surface area (Å²) in [6.07, 6.45) is 1.33. The number of carbonyl (C=O) groups is 2. The lowest BCUT2D eigenvalue weighted by atomic mass is 9.92. The molecule has 0 saturated carbocycles. The van der Waals surface area contributed by atoms with Crippen molar-refractivity contribution in [1.82, 2.24) is 14.8 Å². The Labute approximate surface area is 218 Å². The molecule has 4 rings (SSSR count). The maximum Gasteiger partial charge on any atom is 0.324 e. The topological polar surface area (TPSA) is 133 Å². The van der Waals surface area contributed by atoms with E-state index in [0.717, 1.165) is 11.8 Å². The van der Waals surface area contributed by atoms with Crippen LogP contribution in [-0.2, 0) is 5.41 Å². The average Bonchev–Trinajstić information content (AvgIpc) is 3.30. The minimum atomic E-state index is -0.733. The molecule has 196 valence electrons. The van der Waals surface area contributed by atoms with E-state index in [2.05, 4.69) is 20.7 Å². The zero-order chi connectivity index (χ0) is 27.4. The van der Waals surface area contributed by atoms with Gasteiger partial charge in [-0.3, -0.25) is 15.1 Å². The number of methoxy groups -OCH3 is 1. The minimum absolute atomic E-state index is 0.0133. The van der Waals surface area contributed by atoms with Crippen LogP contribution in [-0.4, -0.2) is 33.8 Å². The Balaban J connectivity index is 1.52. The molecule has 0 atom stereocenters. The summed E-state index contributed by atoms with van der Waals surface area (Å²) in [6.45, 7) is 6.05. The molecular formula is C27H27FN6O4. The van der Waals surface area contributed by atoms with Gasteiger partial charge in [0.1, 0.15) is 23.0 Å². The van der Waals surface area contributed by atoms with Gasteiger partial charge in [-0.2, -0.15) is 5.10 Å². The predicted octanol–water partition coefficient (Wildman–Crippen LogP) is 5.25. The number of halogens is 1. The van der Waals surface area contributed by atoms with Gasteiger partial charge in [-0.05, 0) is 30.3 Å². The minimum Gasteiger partial charge on any atom is -0.497 e. The third-order valence-corrected chi connectivity index (χ3v) is 5.42. The van der Waals surface area contributed by atoms with Gasteiger partial charge in [-0.25, -0.2) is 13.9 Å². The van der Waals surface area contributed by atoms with Crippen LogP contribution in [0.3, 0.4) is 0 Å². The number of primary amides is 1. The highest BCUT2D eigenvalue weighted by Crippen LogP contribution is 2.29. The first kappa shape index (κ1) is 26.1. The summed E-state index contributed by atoms with van der Waals surface area (Å²) in [5.41, 5.74) is 6.58. The summed E-state index contributed by atoms with van der Waals surface area (Å²) >= 11 is 0. The van der Waals surface area contributed by atoms with Crippen LogP contribution in [0.5, 0.6) is 17.2 Å². The summed E-state index contributed by atoms with van der Waals surface area (Å²) in [7, 11) is 1.57. The molecule has 4 N–H and O–H groups in total. The Morgan fingerprint density at radius 2 is 1.79 bits per heavy atom. The van der Waals surface area contributed by atoms with E-state index in [1.165, 1.54) is 30.5 Å². The number of amides is 3. The standard InChI is InChI=1S/C27H27FN6O4/c1-27(2,3)23-15-24(34(33-23)17-6-5-7-18(13-17)37-4)32-26(36)31-16-8-9-22(20(28)12-16)38-19-10-11-30-21(14-19)25(29)35/h5-15H,1-4H3,(H2,29,35)(H2,31,32,36). The zero-order valence-electron chi connectivity index (χ0n) is 21.3. The van der Waals surface area contributed by atoms with E-state index in [4.69, 9.17) is 15.2 Å². The van der Waals surface area contributed by atoms with Gasteiger partial charge >= 0.3 is 6.03 Å². The number of ether oxygens (including phenoxy) is 2. The van der Waals surface area contributed by atoms with Crippen molar-refractivity contribution in [2.75, 3.05) is 17.7 Å². The Hall–Kier alpha value is -4.93. The normalized spacial score (nSPS) is 11.1. The van der Waals surface area contributed by atoms with Gasteiger partial charge in [0.15, 0.2) is 11.6 Å². The molecule has 10 nitrogen and oxygen atoms in total. The van der Waals surface area contributed by atoms with Crippen LogP contribution in [0.25, 0.3) is 5.69 Å². The Bertz CT molecular complexity index is 1500. The maximum atomic E-state index is 14.7. The van der Waals surface area contributed by atoms with E-state index in [0.29, 0.717) is 17.3 Å². The van der Waals surface area contributed by atoms with E-state index >= 15 is 0 Å². The lowest BCUT2D eigenvalue weighted by molar-refractivity contribution is 0.0995. The van der Waals surface area contributed by atoms with Crippen molar-refractivity contribution >= 4 is 23.4 Å². The van der Waals surface area contributed by atoms with Crippen LogP contribution in [0, 0.1) is 5.82 Å². The van der Waals surface area contributed by atoms with Gasteiger partial charge in [0.25, 0.3) is 5.91 Å². The van der Waals surface area contributed by atoms with Crippen molar-refractivity contribution in [3.8, 4) is 22.9 Å². The Morgan fingerprint density at radius 3 is 2.47 bits per heavy atom. The third kappa shape index (κ3) is 6.06. The molecule has 11 heteroatoms. The van der Waals surface area contributed by atoms with Crippen molar-refractivity contribution in [3.05, 3.63) is 84.1 Å². The molecule has 2 heterocycles. The number of urea groups is 1. The smallest absolute Gasteiger partial charge is 0.324 e. The summed E-state index contributed by atoms with van der Waals surface area (Å²) in [6, 6.07) is 15.2. The number of nitrogens with one attached hydrogen (secondary N) is 2. The van der Waals surface area contributed by atoms with Gasteiger partial charge in [-0.1, -0.05) is 26.8 Å². The SMILES string of the molecule is COc1cccc(-n2nc(C(C)(C)C)cc2NC(=O)Nc2ccc(Oc3ccnc(C(N)=O)c3)c(F)c2)c1. The number of pyridine rings is 1. The molecule has 0 aliphatic carbocycles. The van der Waals surface area contributed by atoms with E-state index in [9.17, 15) is 14.0 Å². The van der Waals surface area contributed by atoms with Gasteiger partial charge in [0.2, 0.25) is 0 Å². The highest BCUT2D eigenvalue weighted by atomic mass is 19.1. The fourth-order valence-electron chi connectivity index (χ4n) is 3.45. The molecule has 0 aliphatic rings. The zero-order valence-corrected chi connectivity index (χ0v) is 21.3. The van der Waals surface area contributed by atoms with Crippen LogP contribution in [0.15, 0.2) is 66.9 Å². The van der Waals surface area contributed by atoms with E-state index in [-0.39, 0.29) is 28.3 Å². The predicted molar refractivity (Wildman–Crippen MR) is 141 cm³/mol. The fraction of sp³-hybridized carbons (Fsp3) is 0.185. The van der Waals surface area contributed by atoms with Gasteiger partial charge < -0.3 is 20.5 Å². The van der Waals surface area contributed by atoms with Gasteiger partial charge in [0, 0.05) is 41.6 Å². The first-order chi connectivity index (χ1) is 18.0. The van der Waals surface area contributed by atoms with Gasteiger partial charge in [0.05, 0.1) is 18.5 Å². The number of rotatable bonds is 7. The van der Waals surface area contributed by atoms with Crippen molar-refractivity contribution in [1.29, 1.82) is 0 Å². The lowest BCUT2D eigenvalue weighted by Gasteiger charge is -2.14. The first-order valence-electron chi connectivity index (χ1n) is 11.6. The number of nitrogens with zero attached hydrogens (tertiary/aromatic N) is 3. The summed E-state index contributed by atoms with van der Waals surface area (Å²) in [5, 5.41) is 10.1. The number of hydrogen-bond donors (Lipinski definition) is 3. The molecule has 38 heavy (non-hydrogen) atoms. The van der Waals surface area contributed by atoms with Gasteiger partial charge in [-0.15, -0.1) is 0 Å². The van der Waals surface area contributed by atoms with Crippen molar-refractivity contribution < 1.29 is 23.5 Å². The molecule has 0 unspecified atom stereocenters. The van der Waals surface area contributed by atoms with E-state index < -0.39 is 17.8 Å². The first-order valence-corrected chi connectivity index (χ1v) is 11.6. The molecule has 0 fully saturated rings. The fourth-order valence-corrected chi connectivity index (χ4v) is 3.45. The van der Waals surface area contributed by atoms with E-state index in [1.54, 1.807) is 23.9 Å². The number of benzene rings is 2. The van der Waals surface area contributed by atoms with Crippen molar-refractivity contribution in [2.24, 2.45) is 5.73 Å². The quantitative estimate of drug-likeness (QED) is 0.306. The third-order valence-electron chi connectivity index (χ3n) is 5.42. The number of nitrogens with two attached hydrogens (primary N) is 1. The van der Waals surface area contributed by atoms with Crippen LogP contribution >= 0.6 is 0 Å². The highest BCUT2D eigenvalue weighted by Gasteiger charge is 2.22. The molecule has 0 aliphatic heterocycles. The number of anilines is 2. The number of carbonyl (C=O) groups excluding carboxylic acids is 2. The second-order valence-electron chi connectivity index (χ2n) is 9.35.